The molecule has 0 bridgehead atoms. The third-order valence-electron chi connectivity index (χ3n) is 2.87. The predicted molar refractivity (Wildman–Crippen MR) is 81.7 cm³/mol. The molecule has 0 unspecified atom stereocenters. The Morgan fingerprint density at radius 3 is 2.75 bits per heavy atom. The summed E-state index contributed by atoms with van der Waals surface area (Å²) in [5.74, 6) is 1.24. The summed E-state index contributed by atoms with van der Waals surface area (Å²) in [7, 11) is 0. The number of anilines is 1. The first-order valence-electron chi connectivity index (χ1n) is 6.14. The number of halogens is 1. The molecule has 5 heteroatoms. The van der Waals surface area contributed by atoms with Crippen LogP contribution in [0.2, 0.25) is 0 Å². The first-order valence-corrected chi connectivity index (χ1v) is 6.94. The smallest absolute Gasteiger partial charge is 0.244 e. The maximum Gasteiger partial charge on any atom is 0.244 e. The molecule has 0 aliphatic rings. The van der Waals surface area contributed by atoms with Gasteiger partial charge in [0.05, 0.1) is 5.56 Å². The standard InChI is InChI=1S/C15H14BrN3O/c1-9(2)12-7-11(16)3-4-13(12)20-15-14(18)10(8-17)5-6-19-15/h3-7,9H,18H2,1-2H3. The molecule has 0 fully saturated rings. The Hall–Kier alpha value is -2.06. The summed E-state index contributed by atoms with van der Waals surface area (Å²) in [5, 5.41) is 8.97. The topological polar surface area (TPSA) is 71.9 Å². The van der Waals surface area contributed by atoms with Gasteiger partial charge in [-0.3, -0.25) is 0 Å². The summed E-state index contributed by atoms with van der Waals surface area (Å²) < 4.78 is 6.78. The quantitative estimate of drug-likeness (QED) is 0.914. The number of ether oxygens (including phenoxy) is 1. The average Bonchev–Trinajstić information content (AvgIpc) is 2.42. The average molecular weight is 332 g/mol. The van der Waals surface area contributed by atoms with Gasteiger partial charge in [0.2, 0.25) is 5.88 Å². The minimum absolute atomic E-state index is 0.257. The van der Waals surface area contributed by atoms with E-state index in [2.05, 4.69) is 34.8 Å². The van der Waals surface area contributed by atoms with Gasteiger partial charge in [0.1, 0.15) is 17.5 Å². The Balaban J connectivity index is 2.43. The molecular formula is C15H14BrN3O. The van der Waals surface area contributed by atoms with Crippen LogP contribution in [0.3, 0.4) is 0 Å². The fraction of sp³-hybridized carbons (Fsp3) is 0.200. The predicted octanol–water partition coefficient (Wildman–Crippen LogP) is 4.21. The Labute approximate surface area is 126 Å². The normalized spacial score (nSPS) is 10.3. The third-order valence-corrected chi connectivity index (χ3v) is 3.37. The lowest BCUT2D eigenvalue weighted by Crippen LogP contribution is -2.00. The van der Waals surface area contributed by atoms with Gasteiger partial charge in [0.15, 0.2) is 0 Å². The summed E-state index contributed by atoms with van der Waals surface area (Å²) in [6.07, 6.45) is 1.51. The highest BCUT2D eigenvalue weighted by molar-refractivity contribution is 9.10. The van der Waals surface area contributed by atoms with Crippen molar-refractivity contribution in [3.63, 3.8) is 0 Å². The molecule has 1 aromatic carbocycles. The fourth-order valence-electron chi connectivity index (χ4n) is 1.80. The van der Waals surface area contributed by atoms with E-state index in [4.69, 9.17) is 15.7 Å². The van der Waals surface area contributed by atoms with E-state index in [0.717, 1.165) is 10.0 Å². The van der Waals surface area contributed by atoms with Crippen LogP contribution in [0.15, 0.2) is 34.9 Å². The van der Waals surface area contributed by atoms with Crippen LogP contribution in [-0.4, -0.2) is 4.98 Å². The van der Waals surface area contributed by atoms with Gasteiger partial charge < -0.3 is 10.5 Å². The number of nitriles is 1. The Morgan fingerprint density at radius 1 is 1.35 bits per heavy atom. The van der Waals surface area contributed by atoms with E-state index < -0.39 is 0 Å². The van der Waals surface area contributed by atoms with Gasteiger partial charge in [-0.05, 0) is 35.7 Å². The monoisotopic (exact) mass is 331 g/mol. The van der Waals surface area contributed by atoms with Crippen molar-refractivity contribution in [1.29, 1.82) is 5.26 Å². The van der Waals surface area contributed by atoms with Crippen LogP contribution >= 0.6 is 15.9 Å². The molecule has 0 radical (unpaired) electrons. The number of benzene rings is 1. The minimum atomic E-state index is 0.257. The maximum atomic E-state index is 8.97. The number of rotatable bonds is 3. The SMILES string of the molecule is CC(C)c1cc(Br)ccc1Oc1nccc(C#N)c1N. The largest absolute Gasteiger partial charge is 0.437 e. The van der Waals surface area contributed by atoms with Crippen molar-refractivity contribution < 1.29 is 4.74 Å². The third kappa shape index (κ3) is 2.91. The molecule has 0 saturated heterocycles. The molecule has 0 spiro atoms. The van der Waals surface area contributed by atoms with Crippen molar-refractivity contribution in [3.05, 3.63) is 46.1 Å². The number of nitrogen functional groups attached to an aromatic ring is 1. The lowest BCUT2D eigenvalue weighted by molar-refractivity contribution is 0.456. The van der Waals surface area contributed by atoms with Crippen LogP contribution in [0.5, 0.6) is 11.6 Å². The maximum absolute atomic E-state index is 8.97. The van der Waals surface area contributed by atoms with E-state index in [1.165, 1.54) is 6.20 Å². The summed E-state index contributed by atoms with van der Waals surface area (Å²) in [6.45, 7) is 4.16. The summed E-state index contributed by atoms with van der Waals surface area (Å²) in [6, 6.07) is 9.34. The summed E-state index contributed by atoms with van der Waals surface area (Å²) >= 11 is 3.45. The molecule has 4 nitrogen and oxygen atoms in total. The van der Waals surface area contributed by atoms with Gasteiger partial charge in [-0.15, -0.1) is 0 Å². The van der Waals surface area contributed by atoms with E-state index in [0.29, 0.717) is 17.2 Å². The molecule has 0 atom stereocenters. The number of nitrogens with zero attached hydrogens (tertiary/aromatic N) is 2. The second-order valence-electron chi connectivity index (χ2n) is 4.63. The molecule has 0 aliphatic carbocycles. The molecule has 2 rings (SSSR count). The van der Waals surface area contributed by atoms with Gasteiger partial charge >= 0.3 is 0 Å². The van der Waals surface area contributed by atoms with Crippen molar-refractivity contribution >= 4 is 21.6 Å². The zero-order chi connectivity index (χ0) is 14.7. The van der Waals surface area contributed by atoms with E-state index >= 15 is 0 Å². The Kier molecular flexibility index (Phi) is 4.26. The van der Waals surface area contributed by atoms with Crippen LogP contribution in [0.25, 0.3) is 0 Å². The van der Waals surface area contributed by atoms with E-state index in [1.54, 1.807) is 6.07 Å². The first kappa shape index (κ1) is 14.4. The summed E-state index contributed by atoms with van der Waals surface area (Å²) in [5.41, 5.74) is 7.54. The van der Waals surface area contributed by atoms with Crippen molar-refractivity contribution in [2.45, 2.75) is 19.8 Å². The van der Waals surface area contributed by atoms with Crippen LogP contribution in [0.4, 0.5) is 5.69 Å². The molecule has 1 aromatic heterocycles. The van der Waals surface area contributed by atoms with Gasteiger partial charge in [0, 0.05) is 10.7 Å². The highest BCUT2D eigenvalue weighted by atomic mass is 79.9. The van der Waals surface area contributed by atoms with Crippen molar-refractivity contribution in [3.8, 4) is 17.7 Å². The first-order chi connectivity index (χ1) is 9.52. The van der Waals surface area contributed by atoms with E-state index in [9.17, 15) is 0 Å². The number of nitrogens with two attached hydrogens (primary N) is 1. The van der Waals surface area contributed by atoms with Crippen LogP contribution in [-0.2, 0) is 0 Å². The second kappa shape index (κ2) is 5.93. The number of aromatic nitrogens is 1. The Morgan fingerprint density at radius 2 is 2.10 bits per heavy atom. The lowest BCUT2D eigenvalue weighted by Gasteiger charge is -2.14. The zero-order valence-corrected chi connectivity index (χ0v) is 12.8. The molecule has 2 aromatic rings. The van der Waals surface area contributed by atoms with Crippen molar-refractivity contribution in [2.75, 3.05) is 5.73 Å². The molecule has 2 N–H and O–H groups in total. The molecular weight excluding hydrogens is 318 g/mol. The van der Waals surface area contributed by atoms with Gasteiger partial charge in [-0.2, -0.15) is 5.26 Å². The zero-order valence-electron chi connectivity index (χ0n) is 11.2. The molecule has 20 heavy (non-hydrogen) atoms. The van der Waals surface area contributed by atoms with E-state index in [-0.39, 0.29) is 11.6 Å². The number of hydrogen-bond acceptors (Lipinski definition) is 4. The molecule has 102 valence electrons. The highest BCUT2D eigenvalue weighted by Gasteiger charge is 2.13. The fourth-order valence-corrected chi connectivity index (χ4v) is 2.18. The van der Waals surface area contributed by atoms with Gasteiger partial charge in [-0.1, -0.05) is 29.8 Å². The molecule has 1 heterocycles. The van der Waals surface area contributed by atoms with Crippen molar-refractivity contribution in [1.82, 2.24) is 4.98 Å². The molecule has 0 saturated carbocycles. The highest BCUT2D eigenvalue weighted by Crippen LogP contribution is 2.34. The second-order valence-corrected chi connectivity index (χ2v) is 5.54. The minimum Gasteiger partial charge on any atom is -0.437 e. The molecule has 0 aliphatic heterocycles. The van der Waals surface area contributed by atoms with Crippen LogP contribution in [0.1, 0.15) is 30.9 Å². The Bertz CT molecular complexity index is 677. The van der Waals surface area contributed by atoms with Crippen molar-refractivity contribution in [2.24, 2.45) is 0 Å². The lowest BCUT2D eigenvalue weighted by atomic mass is 10.0. The number of pyridine rings is 1. The van der Waals surface area contributed by atoms with Crippen LogP contribution in [0, 0.1) is 11.3 Å². The summed E-state index contributed by atoms with van der Waals surface area (Å²) in [4.78, 5) is 4.09. The number of hydrogen-bond donors (Lipinski definition) is 1. The van der Waals surface area contributed by atoms with E-state index in [1.807, 2.05) is 24.3 Å². The molecule has 0 amide bonds. The van der Waals surface area contributed by atoms with Crippen LogP contribution < -0.4 is 10.5 Å². The van der Waals surface area contributed by atoms with Gasteiger partial charge in [0.25, 0.3) is 0 Å². The van der Waals surface area contributed by atoms with Gasteiger partial charge in [-0.25, -0.2) is 4.98 Å².